The van der Waals surface area contributed by atoms with Crippen LogP contribution in [0.3, 0.4) is 0 Å². The molecular weight excluding hydrogens is 264 g/mol. The van der Waals surface area contributed by atoms with Crippen molar-refractivity contribution in [1.29, 1.82) is 0 Å². The van der Waals surface area contributed by atoms with Crippen molar-refractivity contribution < 1.29 is 9.59 Å². The number of hydrogen-bond donors (Lipinski definition) is 2. The Labute approximate surface area is 126 Å². The monoisotopic (exact) mass is 288 g/mol. The molecule has 1 aromatic rings. The van der Waals surface area contributed by atoms with Crippen molar-refractivity contribution in [1.82, 2.24) is 5.32 Å². The van der Waals surface area contributed by atoms with Gasteiger partial charge >= 0.3 is 0 Å². The average molecular weight is 288 g/mol. The summed E-state index contributed by atoms with van der Waals surface area (Å²) < 4.78 is 0. The summed E-state index contributed by atoms with van der Waals surface area (Å²) in [5.74, 6) is -0.355. The molecule has 0 radical (unpaired) electrons. The van der Waals surface area contributed by atoms with Gasteiger partial charge in [0.25, 0.3) is 0 Å². The smallest absolute Gasteiger partial charge is 0.240 e. The van der Waals surface area contributed by atoms with Gasteiger partial charge < -0.3 is 10.6 Å². The number of para-hydroxylation sites is 1. The average Bonchev–Trinajstić information content (AvgIpc) is 3.18. The summed E-state index contributed by atoms with van der Waals surface area (Å²) in [4.78, 5) is 24.9. The topological polar surface area (TPSA) is 58.2 Å². The number of amides is 2. The quantitative estimate of drug-likeness (QED) is 0.837. The Bertz CT molecular complexity index is 554. The molecule has 1 aromatic carbocycles. The van der Waals surface area contributed by atoms with Crippen LogP contribution in [-0.2, 0) is 16.0 Å². The van der Waals surface area contributed by atoms with Gasteiger partial charge in [-0.1, -0.05) is 25.1 Å². The molecule has 0 saturated heterocycles. The Kier molecular flexibility index (Phi) is 4.08. The molecule has 2 N–H and O–H groups in total. The first kappa shape index (κ1) is 15.5. The molecule has 0 heterocycles. The number of aryl methyl sites for hydroxylation is 1. The van der Waals surface area contributed by atoms with Gasteiger partial charge in [-0.15, -0.1) is 0 Å². The molecule has 0 aromatic heterocycles. The maximum absolute atomic E-state index is 12.5. The summed E-state index contributed by atoms with van der Waals surface area (Å²) in [5.41, 5.74) is 0.681. The molecule has 0 atom stereocenters. The third-order valence-electron chi connectivity index (χ3n) is 3.75. The van der Waals surface area contributed by atoms with Gasteiger partial charge in [0.05, 0.1) is 0 Å². The summed E-state index contributed by atoms with van der Waals surface area (Å²) in [6.45, 7) is 7.81. The van der Waals surface area contributed by atoms with E-state index in [1.165, 1.54) is 0 Å². The largest absolute Gasteiger partial charge is 0.351 e. The normalized spacial score (nSPS) is 16.2. The third kappa shape index (κ3) is 3.43. The number of hydrogen-bond acceptors (Lipinski definition) is 2. The van der Waals surface area contributed by atoms with E-state index in [9.17, 15) is 9.59 Å². The molecular formula is C17H24N2O2. The van der Waals surface area contributed by atoms with Crippen LogP contribution in [0.25, 0.3) is 0 Å². The Morgan fingerprint density at radius 3 is 2.29 bits per heavy atom. The van der Waals surface area contributed by atoms with Crippen molar-refractivity contribution in [3.8, 4) is 0 Å². The van der Waals surface area contributed by atoms with Gasteiger partial charge in [0.15, 0.2) is 0 Å². The predicted molar refractivity (Wildman–Crippen MR) is 84.0 cm³/mol. The van der Waals surface area contributed by atoms with Gasteiger partial charge in [0.2, 0.25) is 11.8 Å². The highest BCUT2D eigenvalue weighted by Crippen LogP contribution is 2.47. The first-order valence-corrected chi connectivity index (χ1v) is 7.50. The predicted octanol–water partition coefficient (Wildman–Crippen LogP) is 2.88. The molecule has 0 unspecified atom stereocenters. The highest BCUT2D eigenvalue weighted by atomic mass is 16.2. The van der Waals surface area contributed by atoms with Crippen LogP contribution in [0.15, 0.2) is 24.3 Å². The Morgan fingerprint density at radius 2 is 1.76 bits per heavy atom. The molecule has 0 spiro atoms. The molecule has 2 amide bonds. The van der Waals surface area contributed by atoms with Crippen molar-refractivity contribution in [2.45, 2.75) is 52.5 Å². The van der Waals surface area contributed by atoms with Gasteiger partial charge in [-0.05, 0) is 51.7 Å². The molecule has 0 aliphatic heterocycles. The molecule has 1 aliphatic carbocycles. The second-order valence-electron chi connectivity index (χ2n) is 6.75. The highest BCUT2D eigenvalue weighted by Gasteiger charge is 2.57. The zero-order chi connectivity index (χ0) is 15.7. The van der Waals surface area contributed by atoms with Crippen LogP contribution in [0.1, 0.15) is 46.1 Å². The van der Waals surface area contributed by atoms with Gasteiger partial charge in [0.1, 0.15) is 5.41 Å². The fraction of sp³-hybridized carbons (Fsp3) is 0.529. The fourth-order valence-electron chi connectivity index (χ4n) is 2.33. The molecule has 2 rings (SSSR count). The van der Waals surface area contributed by atoms with Gasteiger partial charge in [0, 0.05) is 11.2 Å². The minimum absolute atomic E-state index is 0.165. The molecule has 4 nitrogen and oxygen atoms in total. The number of carbonyl (C=O) groups excluding carboxylic acids is 2. The number of benzene rings is 1. The van der Waals surface area contributed by atoms with E-state index >= 15 is 0 Å². The first-order valence-electron chi connectivity index (χ1n) is 7.50. The maximum Gasteiger partial charge on any atom is 0.240 e. The van der Waals surface area contributed by atoms with Crippen LogP contribution in [0.5, 0.6) is 0 Å². The van der Waals surface area contributed by atoms with E-state index in [4.69, 9.17) is 0 Å². The van der Waals surface area contributed by atoms with Crippen LogP contribution in [0, 0.1) is 5.41 Å². The Hall–Kier alpha value is -1.84. The molecule has 1 aliphatic rings. The number of carbonyl (C=O) groups is 2. The highest BCUT2D eigenvalue weighted by molar-refractivity contribution is 6.13. The van der Waals surface area contributed by atoms with E-state index in [0.29, 0.717) is 12.8 Å². The van der Waals surface area contributed by atoms with Gasteiger partial charge in [-0.25, -0.2) is 0 Å². The van der Waals surface area contributed by atoms with E-state index in [1.54, 1.807) is 0 Å². The third-order valence-corrected chi connectivity index (χ3v) is 3.75. The van der Waals surface area contributed by atoms with E-state index < -0.39 is 5.41 Å². The summed E-state index contributed by atoms with van der Waals surface area (Å²) in [7, 11) is 0. The molecule has 114 valence electrons. The molecule has 0 bridgehead atoms. The summed E-state index contributed by atoms with van der Waals surface area (Å²) in [5, 5.41) is 5.85. The van der Waals surface area contributed by atoms with E-state index in [-0.39, 0.29) is 17.4 Å². The number of anilines is 1. The zero-order valence-corrected chi connectivity index (χ0v) is 13.2. The van der Waals surface area contributed by atoms with Crippen molar-refractivity contribution in [3.05, 3.63) is 29.8 Å². The Balaban J connectivity index is 2.11. The van der Waals surface area contributed by atoms with Crippen LogP contribution >= 0.6 is 0 Å². The molecule has 1 fully saturated rings. The van der Waals surface area contributed by atoms with E-state index in [1.807, 2.05) is 52.0 Å². The second kappa shape index (κ2) is 5.51. The zero-order valence-electron chi connectivity index (χ0n) is 13.2. The summed E-state index contributed by atoms with van der Waals surface area (Å²) in [6.07, 6.45) is 2.09. The standard InChI is InChI=1S/C17H24N2O2/c1-5-12-8-6-7-9-13(12)18-14(20)17(10-11-17)15(21)19-16(2,3)4/h6-9H,5,10-11H2,1-4H3,(H,18,20)(H,19,21). The molecule has 21 heavy (non-hydrogen) atoms. The van der Waals surface area contributed by atoms with Crippen molar-refractivity contribution >= 4 is 17.5 Å². The lowest BCUT2D eigenvalue weighted by atomic mass is 10.0. The summed E-state index contributed by atoms with van der Waals surface area (Å²) >= 11 is 0. The van der Waals surface area contributed by atoms with Crippen LogP contribution < -0.4 is 10.6 Å². The van der Waals surface area contributed by atoms with Crippen LogP contribution in [0.4, 0.5) is 5.69 Å². The van der Waals surface area contributed by atoms with Gasteiger partial charge in [-0.3, -0.25) is 9.59 Å². The van der Waals surface area contributed by atoms with Crippen molar-refractivity contribution in [2.24, 2.45) is 5.41 Å². The Morgan fingerprint density at radius 1 is 1.14 bits per heavy atom. The van der Waals surface area contributed by atoms with E-state index in [2.05, 4.69) is 10.6 Å². The molecule has 1 saturated carbocycles. The minimum atomic E-state index is -0.881. The van der Waals surface area contributed by atoms with Crippen molar-refractivity contribution in [3.63, 3.8) is 0 Å². The lowest BCUT2D eigenvalue weighted by Crippen LogP contribution is -2.48. The van der Waals surface area contributed by atoms with E-state index in [0.717, 1.165) is 17.7 Å². The SMILES string of the molecule is CCc1ccccc1NC(=O)C1(C(=O)NC(C)(C)C)CC1. The number of nitrogens with one attached hydrogen (secondary N) is 2. The van der Waals surface area contributed by atoms with Crippen molar-refractivity contribution in [2.75, 3.05) is 5.32 Å². The first-order chi connectivity index (χ1) is 9.78. The maximum atomic E-state index is 12.5. The minimum Gasteiger partial charge on any atom is -0.351 e. The van der Waals surface area contributed by atoms with Crippen LogP contribution in [0.2, 0.25) is 0 Å². The number of rotatable bonds is 4. The fourth-order valence-corrected chi connectivity index (χ4v) is 2.33. The lowest BCUT2D eigenvalue weighted by molar-refractivity contribution is -0.135. The van der Waals surface area contributed by atoms with Gasteiger partial charge in [-0.2, -0.15) is 0 Å². The lowest BCUT2D eigenvalue weighted by Gasteiger charge is -2.24. The summed E-state index contributed by atoms with van der Waals surface area (Å²) in [6, 6.07) is 7.72. The second-order valence-corrected chi connectivity index (χ2v) is 6.75. The molecule has 4 heteroatoms. The van der Waals surface area contributed by atoms with Crippen LogP contribution in [-0.4, -0.2) is 17.4 Å².